The van der Waals surface area contributed by atoms with Crippen molar-refractivity contribution in [2.24, 2.45) is 7.05 Å². The van der Waals surface area contributed by atoms with Crippen molar-refractivity contribution in [2.75, 3.05) is 5.73 Å². The Morgan fingerprint density at radius 2 is 2.22 bits per heavy atom. The molecule has 0 aliphatic rings. The smallest absolute Gasteiger partial charge is 0.246 e. The summed E-state index contributed by atoms with van der Waals surface area (Å²) < 4.78 is 27.7. The predicted octanol–water partition coefficient (Wildman–Crippen LogP) is -0.124. The number of hydrogen-bond acceptors (Lipinski definition) is 5. The van der Waals surface area contributed by atoms with E-state index in [0.717, 1.165) is 0 Å². The molecule has 0 bridgehead atoms. The number of rotatable bonds is 4. The third-order valence-corrected chi connectivity index (χ3v) is 3.70. The van der Waals surface area contributed by atoms with Crippen LogP contribution < -0.4 is 10.5 Å². The third-order valence-electron chi connectivity index (χ3n) is 2.28. The van der Waals surface area contributed by atoms with Crippen LogP contribution in [0.2, 0.25) is 0 Å². The summed E-state index contributed by atoms with van der Waals surface area (Å²) in [4.78, 5) is 4.00. The highest BCUT2D eigenvalue weighted by molar-refractivity contribution is 7.89. The van der Waals surface area contributed by atoms with E-state index in [1.807, 2.05) is 0 Å². The molecule has 0 amide bonds. The first-order valence-electron chi connectivity index (χ1n) is 5.18. The van der Waals surface area contributed by atoms with Crippen molar-refractivity contribution in [2.45, 2.75) is 11.4 Å². The molecule has 0 saturated heterocycles. The van der Waals surface area contributed by atoms with Crippen molar-refractivity contribution in [3.8, 4) is 0 Å². The molecule has 7 nitrogen and oxygen atoms in total. The quantitative estimate of drug-likeness (QED) is 0.803. The maximum absolute atomic E-state index is 12.0. The van der Waals surface area contributed by atoms with Gasteiger partial charge in [-0.1, -0.05) is 6.07 Å². The molecule has 0 atom stereocenters. The maximum Gasteiger partial charge on any atom is 0.246 e. The molecule has 3 N–H and O–H groups in total. The number of nitrogens with one attached hydrogen (secondary N) is 1. The monoisotopic (exact) mass is 267 g/mol. The first kappa shape index (κ1) is 12.5. The number of anilines is 1. The van der Waals surface area contributed by atoms with E-state index < -0.39 is 10.0 Å². The summed E-state index contributed by atoms with van der Waals surface area (Å²) in [5.41, 5.74) is 6.16. The lowest BCUT2D eigenvalue weighted by Crippen LogP contribution is -2.24. The van der Waals surface area contributed by atoms with Crippen LogP contribution in [0.15, 0.2) is 35.5 Å². The molecule has 0 aliphatic carbocycles. The molecule has 0 aromatic carbocycles. The third kappa shape index (κ3) is 2.66. The molecule has 0 aliphatic heterocycles. The summed E-state index contributed by atoms with van der Waals surface area (Å²) in [5.74, 6) is -0.0222. The first-order valence-corrected chi connectivity index (χ1v) is 6.66. The van der Waals surface area contributed by atoms with Crippen molar-refractivity contribution >= 4 is 15.8 Å². The number of nitrogen functional groups attached to an aromatic ring is 1. The molecule has 2 aromatic rings. The minimum Gasteiger partial charge on any atom is -0.381 e. The van der Waals surface area contributed by atoms with Crippen LogP contribution in [0.5, 0.6) is 0 Å². The van der Waals surface area contributed by atoms with E-state index >= 15 is 0 Å². The van der Waals surface area contributed by atoms with Crippen LogP contribution in [0.4, 0.5) is 5.82 Å². The summed E-state index contributed by atoms with van der Waals surface area (Å²) in [7, 11) is -2.06. The van der Waals surface area contributed by atoms with Gasteiger partial charge in [0.05, 0.1) is 12.2 Å². The second-order valence-corrected chi connectivity index (χ2v) is 5.43. The second-order valence-electron chi connectivity index (χ2n) is 3.70. The van der Waals surface area contributed by atoms with Crippen molar-refractivity contribution in [1.82, 2.24) is 19.5 Å². The molecule has 2 aromatic heterocycles. The highest BCUT2D eigenvalue weighted by Gasteiger charge is 2.20. The van der Waals surface area contributed by atoms with E-state index in [1.165, 1.54) is 10.9 Å². The zero-order chi connectivity index (χ0) is 13.2. The second kappa shape index (κ2) is 4.75. The number of nitrogens with two attached hydrogens (primary N) is 1. The Balaban J connectivity index is 2.16. The predicted molar refractivity (Wildman–Crippen MR) is 65.9 cm³/mol. The molecule has 8 heteroatoms. The number of hydrogen-bond donors (Lipinski definition) is 2. The molecule has 2 heterocycles. The Kier molecular flexibility index (Phi) is 3.30. The Labute approximate surface area is 105 Å². The van der Waals surface area contributed by atoms with Gasteiger partial charge in [0.25, 0.3) is 0 Å². The maximum atomic E-state index is 12.0. The van der Waals surface area contributed by atoms with Crippen LogP contribution in [-0.4, -0.2) is 23.2 Å². The summed E-state index contributed by atoms with van der Waals surface area (Å²) >= 11 is 0. The van der Waals surface area contributed by atoms with Gasteiger partial charge in [-0.3, -0.25) is 9.67 Å². The molecule has 0 spiro atoms. The van der Waals surface area contributed by atoms with Crippen LogP contribution in [0.3, 0.4) is 0 Å². The fourth-order valence-electron chi connectivity index (χ4n) is 1.44. The van der Waals surface area contributed by atoms with Crippen molar-refractivity contribution in [1.29, 1.82) is 0 Å². The Morgan fingerprint density at radius 1 is 1.44 bits per heavy atom. The van der Waals surface area contributed by atoms with Gasteiger partial charge in [0, 0.05) is 19.4 Å². The molecule has 0 fully saturated rings. The van der Waals surface area contributed by atoms with Crippen LogP contribution >= 0.6 is 0 Å². The number of aromatic nitrogens is 3. The van der Waals surface area contributed by atoms with E-state index in [0.29, 0.717) is 5.69 Å². The summed E-state index contributed by atoms with van der Waals surface area (Å²) in [6.07, 6.45) is 2.96. The van der Waals surface area contributed by atoms with Gasteiger partial charge in [0.2, 0.25) is 10.0 Å². The minimum atomic E-state index is -3.67. The Morgan fingerprint density at radius 3 is 2.78 bits per heavy atom. The highest BCUT2D eigenvalue weighted by Crippen LogP contribution is 2.15. The average molecular weight is 267 g/mol. The number of nitrogens with zero attached hydrogens (tertiary/aromatic N) is 3. The Hall–Kier alpha value is -1.93. The van der Waals surface area contributed by atoms with E-state index in [9.17, 15) is 8.42 Å². The molecular formula is C10H13N5O2S. The van der Waals surface area contributed by atoms with Crippen molar-refractivity contribution < 1.29 is 8.42 Å². The number of aryl methyl sites for hydroxylation is 1. The normalized spacial score (nSPS) is 11.6. The molecular weight excluding hydrogens is 254 g/mol. The molecule has 2 rings (SSSR count). The van der Waals surface area contributed by atoms with Gasteiger partial charge in [-0.2, -0.15) is 5.10 Å². The van der Waals surface area contributed by atoms with Crippen molar-refractivity contribution in [3.63, 3.8) is 0 Å². The van der Waals surface area contributed by atoms with Gasteiger partial charge in [-0.05, 0) is 12.1 Å². The molecule has 96 valence electrons. The zero-order valence-electron chi connectivity index (χ0n) is 9.74. The standard InChI is InChI=1S/C10H13N5O2S/c1-15-7-9(10(11)14-15)18(16,17)13-6-8-4-2-3-5-12-8/h2-5,7,13H,6H2,1H3,(H2,11,14). The first-order chi connectivity index (χ1) is 8.49. The minimum absolute atomic E-state index is 0.0222. The SMILES string of the molecule is Cn1cc(S(=O)(=O)NCc2ccccn2)c(N)n1. The van der Waals surface area contributed by atoms with Gasteiger partial charge >= 0.3 is 0 Å². The van der Waals surface area contributed by atoms with Gasteiger partial charge in [0.1, 0.15) is 4.90 Å². The summed E-state index contributed by atoms with van der Waals surface area (Å²) in [6.45, 7) is 0.109. The van der Waals surface area contributed by atoms with E-state index in [4.69, 9.17) is 5.73 Å². The van der Waals surface area contributed by atoms with Crippen LogP contribution in [0.25, 0.3) is 0 Å². The fourth-order valence-corrected chi connectivity index (χ4v) is 2.54. The van der Waals surface area contributed by atoms with Crippen LogP contribution in [0.1, 0.15) is 5.69 Å². The van der Waals surface area contributed by atoms with Gasteiger partial charge < -0.3 is 5.73 Å². The van der Waals surface area contributed by atoms with E-state index in [2.05, 4.69) is 14.8 Å². The lowest BCUT2D eigenvalue weighted by Gasteiger charge is -2.04. The summed E-state index contributed by atoms with van der Waals surface area (Å²) in [6, 6.07) is 5.28. The zero-order valence-corrected chi connectivity index (χ0v) is 10.6. The Bertz CT molecular complexity index is 636. The lowest BCUT2D eigenvalue weighted by atomic mass is 10.4. The van der Waals surface area contributed by atoms with Gasteiger partial charge in [-0.25, -0.2) is 13.1 Å². The number of sulfonamides is 1. The summed E-state index contributed by atoms with van der Waals surface area (Å²) in [5, 5.41) is 3.79. The van der Waals surface area contributed by atoms with E-state index in [1.54, 1.807) is 31.4 Å². The van der Waals surface area contributed by atoms with Gasteiger partial charge in [0.15, 0.2) is 5.82 Å². The molecule has 0 radical (unpaired) electrons. The van der Waals surface area contributed by atoms with Crippen LogP contribution in [-0.2, 0) is 23.6 Å². The topological polar surface area (TPSA) is 103 Å². The van der Waals surface area contributed by atoms with Crippen LogP contribution in [0, 0.1) is 0 Å². The van der Waals surface area contributed by atoms with Gasteiger partial charge in [-0.15, -0.1) is 0 Å². The fraction of sp³-hybridized carbons (Fsp3) is 0.200. The van der Waals surface area contributed by atoms with Crippen molar-refractivity contribution in [3.05, 3.63) is 36.3 Å². The largest absolute Gasteiger partial charge is 0.381 e. The molecule has 0 saturated carbocycles. The highest BCUT2D eigenvalue weighted by atomic mass is 32.2. The number of pyridine rings is 1. The average Bonchev–Trinajstić information content (AvgIpc) is 2.68. The lowest BCUT2D eigenvalue weighted by molar-refractivity contribution is 0.580. The van der Waals surface area contributed by atoms with E-state index in [-0.39, 0.29) is 17.3 Å². The molecule has 18 heavy (non-hydrogen) atoms. The molecule has 0 unspecified atom stereocenters.